The Hall–Kier alpha value is -2.73. The van der Waals surface area contributed by atoms with Crippen molar-refractivity contribution in [3.63, 3.8) is 0 Å². The molecule has 1 fully saturated rings. The van der Waals surface area contributed by atoms with Gasteiger partial charge in [0.15, 0.2) is 0 Å². The van der Waals surface area contributed by atoms with E-state index in [1.165, 1.54) is 5.39 Å². The van der Waals surface area contributed by atoms with E-state index >= 15 is 0 Å². The molecule has 0 amide bonds. The van der Waals surface area contributed by atoms with Crippen LogP contribution < -0.4 is 10.5 Å². The highest BCUT2D eigenvalue weighted by molar-refractivity contribution is 5.80. The molecule has 1 aliphatic carbocycles. The SMILES string of the molecule is Cn1c(CCCCN2CCN(c3ccc4ccccc4n3)CC2)nc2c(c1=O)CCCC2. The first kappa shape index (κ1) is 21.1. The van der Waals surface area contributed by atoms with Crippen LogP contribution in [0.1, 0.15) is 42.8 Å². The van der Waals surface area contributed by atoms with Crippen molar-refractivity contribution in [1.29, 1.82) is 0 Å². The topological polar surface area (TPSA) is 54.3 Å². The van der Waals surface area contributed by atoms with E-state index in [0.29, 0.717) is 0 Å². The standard InChI is InChI=1S/C26H33N5O/c1-29-24(28-23-11-5-3-9-21(23)26(29)32)12-6-7-15-30-16-18-31(19-17-30)25-14-13-20-8-2-4-10-22(20)27-25/h2,4,8,10,13-14H,3,5-7,9,11-12,15-19H2,1H3. The molecule has 1 aromatic carbocycles. The molecule has 0 unspecified atom stereocenters. The van der Waals surface area contributed by atoms with Gasteiger partial charge in [-0.25, -0.2) is 9.97 Å². The molecule has 0 N–H and O–H groups in total. The molecule has 0 saturated carbocycles. The summed E-state index contributed by atoms with van der Waals surface area (Å²) in [4.78, 5) is 27.3. The van der Waals surface area contributed by atoms with E-state index in [1.807, 2.05) is 7.05 Å². The van der Waals surface area contributed by atoms with Gasteiger partial charge >= 0.3 is 0 Å². The molecule has 2 aromatic heterocycles. The van der Waals surface area contributed by atoms with Gasteiger partial charge in [0.05, 0.1) is 11.2 Å². The summed E-state index contributed by atoms with van der Waals surface area (Å²) in [6.45, 7) is 5.30. The summed E-state index contributed by atoms with van der Waals surface area (Å²) < 4.78 is 1.79. The Morgan fingerprint density at radius 3 is 2.59 bits per heavy atom. The molecular weight excluding hydrogens is 398 g/mol. The van der Waals surface area contributed by atoms with Crippen molar-refractivity contribution in [3.05, 3.63) is 63.8 Å². The van der Waals surface area contributed by atoms with Crippen molar-refractivity contribution in [2.75, 3.05) is 37.6 Å². The summed E-state index contributed by atoms with van der Waals surface area (Å²) in [5, 5.41) is 1.20. The lowest BCUT2D eigenvalue weighted by molar-refractivity contribution is 0.252. The van der Waals surface area contributed by atoms with Crippen molar-refractivity contribution >= 4 is 16.7 Å². The number of nitrogens with zero attached hydrogens (tertiary/aromatic N) is 5. The third-order valence-electron chi connectivity index (χ3n) is 7.06. The van der Waals surface area contributed by atoms with Crippen LogP contribution in [0, 0.1) is 0 Å². The molecule has 2 aliphatic rings. The minimum atomic E-state index is 0.183. The van der Waals surface area contributed by atoms with Gasteiger partial charge in [0.2, 0.25) is 0 Å². The molecule has 5 rings (SSSR count). The summed E-state index contributed by atoms with van der Waals surface area (Å²) in [6, 6.07) is 12.6. The summed E-state index contributed by atoms with van der Waals surface area (Å²) in [7, 11) is 1.89. The Bertz CT molecular complexity index is 1150. The monoisotopic (exact) mass is 431 g/mol. The van der Waals surface area contributed by atoms with Crippen LogP contribution >= 0.6 is 0 Å². The maximum absolute atomic E-state index is 12.6. The molecule has 32 heavy (non-hydrogen) atoms. The van der Waals surface area contributed by atoms with Gasteiger partial charge in [-0.3, -0.25) is 14.3 Å². The van der Waals surface area contributed by atoms with Crippen molar-refractivity contribution in [1.82, 2.24) is 19.4 Å². The second-order valence-electron chi connectivity index (χ2n) is 9.17. The zero-order valence-electron chi connectivity index (χ0n) is 19.1. The Morgan fingerprint density at radius 2 is 1.72 bits per heavy atom. The second kappa shape index (κ2) is 9.41. The minimum absolute atomic E-state index is 0.183. The lowest BCUT2D eigenvalue weighted by Gasteiger charge is -2.35. The van der Waals surface area contributed by atoms with Crippen LogP contribution in [0.15, 0.2) is 41.2 Å². The zero-order chi connectivity index (χ0) is 21.9. The smallest absolute Gasteiger partial charge is 0.256 e. The van der Waals surface area contributed by atoms with Crippen LogP contribution in [-0.2, 0) is 26.3 Å². The maximum Gasteiger partial charge on any atom is 0.256 e. The third kappa shape index (κ3) is 4.42. The van der Waals surface area contributed by atoms with Crippen molar-refractivity contribution in [2.45, 2.75) is 44.9 Å². The summed E-state index contributed by atoms with van der Waals surface area (Å²) in [5.41, 5.74) is 3.27. The average molecular weight is 432 g/mol. The van der Waals surface area contributed by atoms with Crippen LogP contribution in [0.5, 0.6) is 0 Å². The fourth-order valence-electron chi connectivity index (χ4n) is 5.07. The molecule has 0 bridgehead atoms. The van der Waals surface area contributed by atoms with Crippen LogP contribution in [0.2, 0.25) is 0 Å². The Morgan fingerprint density at radius 1 is 0.906 bits per heavy atom. The number of fused-ring (bicyclic) bond motifs is 2. The number of rotatable bonds is 6. The predicted molar refractivity (Wildman–Crippen MR) is 129 cm³/mol. The molecular formula is C26H33N5O. The Labute approximate surface area is 189 Å². The molecule has 168 valence electrons. The number of para-hydroxylation sites is 1. The number of benzene rings is 1. The van der Waals surface area contributed by atoms with E-state index in [-0.39, 0.29) is 5.56 Å². The molecule has 6 heteroatoms. The summed E-state index contributed by atoms with van der Waals surface area (Å²) in [6.07, 6.45) is 7.25. The van der Waals surface area contributed by atoms with E-state index in [2.05, 4.69) is 46.2 Å². The second-order valence-corrected chi connectivity index (χ2v) is 9.17. The molecule has 1 saturated heterocycles. The largest absolute Gasteiger partial charge is 0.354 e. The van der Waals surface area contributed by atoms with E-state index in [0.717, 1.165) is 106 Å². The highest BCUT2D eigenvalue weighted by atomic mass is 16.1. The van der Waals surface area contributed by atoms with Crippen LogP contribution in [-0.4, -0.2) is 52.2 Å². The van der Waals surface area contributed by atoms with Gasteiger partial charge < -0.3 is 4.90 Å². The molecule has 6 nitrogen and oxygen atoms in total. The first-order valence-corrected chi connectivity index (χ1v) is 12.1. The zero-order valence-corrected chi connectivity index (χ0v) is 19.1. The van der Waals surface area contributed by atoms with Gasteiger partial charge in [0.25, 0.3) is 5.56 Å². The number of aryl methyl sites for hydroxylation is 2. The molecule has 3 heterocycles. The lowest BCUT2D eigenvalue weighted by Crippen LogP contribution is -2.46. The van der Waals surface area contributed by atoms with E-state index in [1.54, 1.807) is 4.57 Å². The van der Waals surface area contributed by atoms with Gasteiger partial charge in [-0.15, -0.1) is 0 Å². The first-order chi connectivity index (χ1) is 15.7. The van der Waals surface area contributed by atoms with E-state index < -0.39 is 0 Å². The van der Waals surface area contributed by atoms with E-state index in [9.17, 15) is 4.79 Å². The van der Waals surface area contributed by atoms with Crippen molar-refractivity contribution in [2.24, 2.45) is 7.05 Å². The number of unbranched alkanes of at least 4 members (excludes halogenated alkanes) is 1. The minimum Gasteiger partial charge on any atom is -0.354 e. The average Bonchev–Trinajstić information content (AvgIpc) is 2.85. The number of aromatic nitrogens is 3. The summed E-state index contributed by atoms with van der Waals surface area (Å²) in [5.74, 6) is 2.05. The first-order valence-electron chi connectivity index (χ1n) is 12.1. The number of hydrogen-bond donors (Lipinski definition) is 0. The molecule has 1 aliphatic heterocycles. The highest BCUT2D eigenvalue weighted by Crippen LogP contribution is 2.20. The van der Waals surface area contributed by atoms with Crippen LogP contribution in [0.3, 0.4) is 0 Å². The normalized spacial score (nSPS) is 17.0. The third-order valence-corrected chi connectivity index (χ3v) is 7.06. The van der Waals surface area contributed by atoms with Gasteiger partial charge in [0.1, 0.15) is 11.6 Å². The summed E-state index contributed by atoms with van der Waals surface area (Å²) >= 11 is 0. The number of anilines is 1. The lowest BCUT2D eigenvalue weighted by atomic mass is 9.97. The fourth-order valence-corrected chi connectivity index (χ4v) is 5.07. The fraction of sp³-hybridized carbons (Fsp3) is 0.500. The van der Waals surface area contributed by atoms with Gasteiger partial charge in [-0.1, -0.05) is 18.2 Å². The molecule has 0 atom stereocenters. The Balaban J connectivity index is 1.10. The van der Waals surface area contributed by atoms with Gasteiger partial charge in [-0.05, 0) is 63.3 Å². The van der Waals surface area contributed by atoms with Crippen LogP contribution in [0.25, 0.3) is 10.9 Å². The van der Waals surface area contributed by atoms with Crippen molar-refractivity contribution in [3.8, 4) is 0 Å². The highest BCUT2D eigenvalue weighted by Gasteiger charge is 2.19. The molecule has 0 spiro atoms. The van der Waals surface area contributed by atoms with Gasteiger partial charge in [0, 0.05) is 50.6 Å². The number of hydrogen-bond acceptors (Lipinski definition) is 5. The Kier molecular flexibility index (Phi) is 6.21. The maximum atomic E-state index is 12.6. The quantitative estimate of drug-likeness (QED) is 0.560. The molecule has 3 aromatic rings. The van der Waals surface area contributed by atoms with E-state index in [4.69, 9.17) is 9.97 Å². The van der Waals surface area contributed by atoms with Gasteiger partial charge in [-0.2, -0.15) is 0 Å². The molecule has 0 radical (unpaired) electrons. The number of piperazine rings is 1. The van der Waals surface area contributed by atoms with Crippen molar-refractivity contribution < 1.29 is 0 Å². The van der Waals surface area contributed by atoms with Crippen LogP contribution in [0.4, 0.5) is 5.82 Å². The number of pyridine rings is 1. The predicted octanol–water partition coefficient (Wildman–Crippen LogP) is 3.35.